The molecule has 1 fully saturated rings. The summed E-state index contributed by atoms with van der Waals surface area (Å²) in [6, 6.07) is 24.1. The van der Waals surface area contributed by atoms with E-state index in [0.717, 1.165) is 47.6 Å². The van der Waals surface area contributed by atoms with Gasteiger partial charge in [0, 0.05) is 25.9 Å². The van der Waals surface area contributed by atoms with Crippen LogP contribution in [0.1, 0.15) is 81.2 Å². The van der Waals surface area contributed by atoms with Crippen LogP contribution in [0.5, 0.6) is 5.75 Å². The summed E-state index contributed by atoms with van der Waals surface area (Å²) in [5, 5.41) is 25.5. The molecule has 1 aliphatic carbocycles. The highest BCUT2D eigenvalue weighted by atomic mass is 16.6. The Morgan fingerprint density at radius 3 is 2.35 bits per heavy atom. The second-order valence-electron chi connectivity index (χ2n) is 14.4. The third kappa shape index (κ3) is 10.8. The number of benzene rings is 3. The third-order valence-electron chi connectivity index (χ3n) is 9.34. The fraction of sp³-hybridized carbons (Fsp3) is 0.500. The molecule has 9 heteroatoms. The molecule has 49 heavy (non-hydrogen) atoms. The standard InChI is InChI=1S/C40H53N3O6/c1-40(2,3)49-39(47)41-34(26-29-12-6-4-7-13-29)35(44)20-21-37(46)43(38-33-15-9-8-14-31(33)27-36(38)45)28-30-16-18-32(19-17-30)48-25-24-42-22-10-5-11-23-42/h4,6-9,12-19,34-36,38,44-45H,5,10-11,20-28H2,1-3H3,(H,41,47)/t34-,35-,36+,38-/m0/s1. The van der Waals surface area contributed by atoms with Gasteiger partial charge in [-0.15, -0.1) is 0 Å². The Labute approximate surface area is 291 Å². The molecule has 1 saturated heterocycles. The van der Waals surface area contributed by atoms with Crippen LogP contribution in [0.4, 0.5) is 4.79 Å². The van der Waals surface area contributed by atoms with Crippen LogP contribution in [0.2, 0.25) is 0 Å². The van der Waals surface area contributed by atoms with E-state index in [0.29, 0.717) is 26.0 Å². The first-order valence-electron chi connectivity index (χ1n) is 17.8. The summed E-state index contributed by atoms with van der Waals surface area (Å²) >= 11 is 0. The molecule has 0 bridgehead atoms. The third-order valence-corrected chi connectivity index (χ3v) is 9.34. The minimum Gasteiger partial charge on any atom is -0.492 e. The Morgan fingerprint density at radius 1 is 0.939 bits per heavy atom. The number of aliphatic hydroxyl groups excluding tert-OH is 2. The zero-order valence-electron chi connectivity index (χ0n) is 29.2. The van der Waals surface area contributed by atoms with Gasteiger partial charge < -0.3 is 29.9 Å². The monoisotopic (exact) mass is 671 g/mol. The number of rotatable bonds is 14. The van der Waals surface area contributed by atoms with Crippen LogP contribution in [0.15, 0.2) is 78.9 Å². The van der Waals surface area contributed by atoms with Crippen LogP contribution < -0.4 is 10.1 Å². The van der Waals surface area contributed by atoms with Crippen LogP contribution in [-0.4, -0.2) is 82.1 Å². The molecule has 1 heterocycles. The molecule has 9 nitrogen and oxygen atoms in total. The minimum atomic E-state index is -1.01. The van der Waals surface area contributed by atoms with E-state index in [9.17, 15) is 19.8 Å². The predicted octanol–water partition coefficient (Wildman–Crippen LogP) is 5.82. The number of nitrogens with zero attached hydrogens (tertiary/aromatic N) is 2. The van der Waals surface area contributed by atoms with Gasteiger partial charge >= 0.3 is 6.09 Å². The van der Waals surface area contributed by atoms with Gasteiger partial charge in [0.15, 0.2) is 0 Å². The molecule has 2 amide bonds. The number of fused-ring (bicyclic) bond motifs is 1. The fourth-order valence-corrected chi connectivity index (χ4v) is 6.86. The SMILES string of the molecule is CC(C)(C)OC(=O)N[C@@H](Cc1ccccc1)[C@@H](O)CCC(=O)N(Cc1ccc(OCCN2CCCCC2)cc1)[C@H]1c2ccccc2C[C@H]1O. The van der Waals surface area contributed by atoms with E-state index in [-0.39, 0.29) is 18.7 Å². The molecular formula is C40H53N3O6. The highest BCUT2D eigenvalue weighted by Gasteiger charge is 2.38. The Balaban J connectivity index is 1.27. The van der Waals surface area contributed by atoms with Gasteiger partial charge in [0.25, 0.3) is 0 Å². The van der Waals surface area contributed by atoms with Gasteiger partial charge in [-0.1, -0.05) is 73.2 Å². The first-order valence-corrected chi connectivity index (χ1v) is 17.8. The molecule has 0 spiro atoms. The maximum Gasteiger partial charge on any atom is 0.407 e. The molecule has 5 rings (SSSR count). The quantitative estimate of drug-likeness (QED) is 0.198. The maximum atomic E-state index is 14.1. The van der Waals surface area contributed by atoms with Gasteiger partial charge in [-0.2, -0.15) is 0 Å². The molecule has 0 saturated carbocycles. The number of nitrogens with one attached hydrogen (secondary N) is 1. The largest absolute Gasteiger partial charge is 0.492 e. The lowest BCUT2D eigenvalue weighted by Gasteiger charge is -2.33. The number of carbonyl (C=O) groups is 2. The first-order chi connectivity index (χ1) is 23.6. The van der Waals surface area contributed by atoms with Gasteiger partial charge in [0.2, 0.25) is 5.91 Å². The molecule has 4 atom stereocenters. The van der Waals surface area contributed by atoms with Crippen molar-refractivity contribution in [2.24, 2.45) is 0 Å². The normalized spacial score (nSPS) is 19.0. The average molecular weight is 672 g/mol. The van der Waals surface area contributed by atoms with E-state index in [1.165, 1.54) is 19.3 Å². The molecule has 1 aliphatic heterocycles. The summed E-state index contributed by atoms with van der Waals surface area (Å²) in [7, 11) is 0. The van der Waals surface area contributed by atoms with E-state index in [2.05, 4.69) is 10.2 Å². The van der Waals surface area contributed by atoms with Crippen molar-refractivity contribution in [1.82, 2.24) is 15.1 Å². The lowest BCUT2D eigenvalue weighted by Crippen LogP contribution is -2.47. The summed E-state index contributed by atoms with van der Waals surface area (Å²) in [4.78, 5) is 31.0. The van der Waals surface area contributed by atoms with Crippen LogP contribution in [0, 0.1) is 0 Å². The van der Waals surface area contributed by atoms with Crippen molar-refractivity contribution < 1.29 is 29.3 Å². The second kappa shape index (κ2) is 17.1. The highest BCUT2D eigenvalue weighted by molar-refractivity contribution is 5.77. The van der Waals surface area contributed by atoms with Gasteiger partial charge in [0.05, 0.1) is 24.3 Å². The lowest BCUT2D eigenvalue weighted by molar-refractivity contribution is -0.137. The Kier molecular flexibility index (Phi) is 12.7. The van der Waals surface area contributed by atoms with Crippen molar-refractivity contribution in [3.05, 3.63) is 101 Å². The summed E-state index contributed by atoms with van der Waals surface area (Å²) in [5.41, 5.74) is 3.14. The Morgan fingerprint density at radius 2 is 1.63 bits per heavy atom. The average Bonchev–Trinajstić information content (AvgIpc) is 3.41. The van der Waals surface area contributed by atoms with Crippen molar-refractivity contribution in [1.29, 1.82) is 0 Å². The maximum absolute atomic E-state index is 14.1. The van der Waals surface area contributed by atoms with Gasteiger partial charge in [0.1, 0.15) is 18.0 Å². The van der Waals surface area contributed by atoms with Crippen LogP contribution >= 0.6 is 0 Å². The minimum absolute atomic E-state index is 0.0333. The van der Waals surface area contributed by atoms with Crippen LogP contribution in [-0.2, 0) is 28.9 Å². The van der Waals surface area contributed by atoms with Crippen molar-refractivity contribution in [3.63, 3.8) is 0 Å². The van der Waals surface area contributed by atoms with Crippen molar-refractivity contribution in [3.8, 4) is 5.75 Å². The molecule has 0 unspecified atom stereocenters. The zero-order valence-corrected chi connectivity index (χ0v) is 29.2. The Hall–Kier alpha value is -3.92. The van der Waals surface area contributed by atoms with Gasteiger partial charge in [-0.25, -0.2) is 4.79 Å². The number of ether oxygens (including phenoxy) is 2. The fourth-order valence-electron chi connectivity index (χ4n) is 6.86. The molecule has 3 aromatic rings. The smallest absolute Gasteiger partial charge is 0.407 e. The zero-order chi connectivity index (χ0) is 34.8. The van der Waals surface area contributed by atoms with E-state index in [1.807, 2.05) is 78.9 Å². The Bertz CT molecular complexity index is 1490. The van der Waals surface area contributed by atoms with E-state index in [1.54, 1.807) is 25.7 Å². The molecule has 264 valence electrons. The predicted molar refractivity (Wildman–Crippen MR) is 190 cm³/mol. The van der Waals surface area contributed by atoms with Crippen molar-refractivity contribution >= 4 is 12.0 Å². The van der Waals surface area contributed by atoms with E-state index in [4.69, 9.17) is 9.47 Å². The van der Waals surface area contributed by atoms with Crippen molar-refractivity contribution in [2.75, 3.05) is 26.2 Å². The molecular weight excluding hydrogens is 618 g/mol. The number of hydrogen-bond donors (Lipinski definition) is 3. The van der Waals surface area contributed by atoms with Crippen LogP contribution in [0.25, 0.3) is 0 Å². The number of likely N-dealkylation sites (tertiary alicyclic amines) is 1. The van der Waals surface area contributed by atoms with E-state index >= 15 is 0 Å². The van der Waals surface area contributed by atoms with Crippen LogP contribution in [0.3, 0.4) is 0 Å². The summed E-state index contributed by atoms with van der Waals surface area (Å²) in [6.45, 7) is 9.46. The molecule has 0 aromatic heterocycles. The van der Waals surface area contributed by atoms with E-state index < -0.39 is 36.0 Å². The lowest BCUT2D eigenvalue weighted by atomic mass is 9.97. The molecule has 3 N–H and O–H groups in total. The number of hydrogen-bond acceptors (Lipinski definition) is 7. The number of carbonyl (C=O) groups excluding carboxylic acids is 2. The number of aliphatic hydroxyl groups is 2. The number of alkyl carbamates (subject to hydrolysis) is 1. The molecule has 3 aromatic carbocycles. The topological polar surface area (TPSA) is 112 Å². The second-order valence-corrected chi connectivity index (χ2v) is 14.4. The van der Waals surface area contributed by atoms with Gasteiger partial charge in [-0.05, 0) is 93.9 Å². The molecule has 2 aliphatic rings. The summed E-state index contributed by atoms with van der Waals surface area (Å²) < 4.78 is 11.5. The summed E-state index contributed by atoms with van der Waals surface area (Å²) in [5.74, 6) is 0.604. The molecule has 0 radical (unpaired) electrons. The van der Waals surface area contributed by atoms with Crippen molar-refractivity contribution in [2.45, 2.75) is 102 Å². The highest BCUT2D eigenvalue weighted by Crippen LogP contribution is 2.37. The van der Waals surface area contributed by atoms with Gasteiger partial charge in [-0.3, -0.25) is 9.69 Å². The number of piperidine rings is 1. The number of amides is 2. The summed E-state index contributed by atoms with van der Waals surface area (Å²) in [6.07, 6.45) is 2.43. The first kappa shape index (κ1) is 36.4.